The molecule has 1 amide bonds. The number of rotatable bonds is 4. The van der Waals surface area contributed by atoms with Crippen molar-refractivity contribution >= 4 is 29.2 Å². The summed E-state index contributed by atoms with van der Waals surface area (Å²) in [6.07, 6.45) is 1.57. The molecule has 0 aromatic heterocycles. The zero-order valence-electron chi connectivity index (χ0n) is 14.7. The standard InChI is InChI=1S/C22H15N3O3/c26-22-20(15-16-8-7-13-19(14-16)25(27)28)23-21(17-9-3-1-4-10-17)24(22)18-11-5-2-6-12-18/h1-15H/b20-15+. The molecule has 6 nitrogen and oxygen atoms in total. The van der Waals surface area contributed by atoms with Gasteiger partial charge in [0.15, 0.2) is 0 Å². The molecular formula is C22H15N3O3. The van der Waals surface area contributed by atoms with Gasteiger partial charge in [-0.3, -0.25) is 19.8 Å². The van der Waals surface area contributed by atoms with Crippen LogP contribution in [0.25, 0.3) is 6.08 Å². The Hall–Kier alpha value is -4.06. The van der Waals surface area contributed by atoms with Gasteiger partial charge in [0.25, 0.3) is 11.6 Å². The predicted molar refractivity (Wildman–Crippen MR) is 108 cm³/mol. The molecule has 28 heavy (non-hydrogen) atoms. The van der Waals surface area contributed by atoms with Gasteiger partial charge in [-0.05, 0) is 23.8 Å². The molecular weight excluding hydrogens is 354 g/mol. The molecule has 1 aliphatic rings. The molecule has 0 spiro atoms. The topological polar surface area (TPSA) is 75.8 Å². The highest BCUT2D eigenvalue weighted by Crippen LogP contribution is 2.28. The van der Waals surface area contributed by atoms with Crippen LogP contribution in [-0.2, 0) is 4.79 Å². The molecule has 0 saturated carbocycles. The molecule has 0 unspecified atom stereocenters. The number of amides is 1. The summed E-state index contributed by atoms with van der Waals surface area (Å²) in [6, 6.07) is 24.8. The van der Waals surface area contributed by atoms with Crippen LogP contribution < -0.4 is 4.90 Å². The minimum absolute atomic E-state index is 0.0352. The number of hydrogen-bond acceptors (Lipinski definition) is 4. The highest BCUT2D eigenvalue weighted by Gasteiger charge is 2.32. The highest BCUT2D eigenvalue weighted by atomic mass is 16.6. The fourth-order valence-electron chi connectivity index (χ4n) is 3.00. The lowest BCUT2D eigenvalue weighted by molar-refractivity contribution is -0.384. The maximum Gasteiger partial charge on any atom is 0.282 e. The Labute approximate surface area is 161 Å². The zero-order valence-corrected chi connectivity index (χ0v) is 14.7. The van der Waals surface area contributed by atoms with E-state index in [0.29, 0.717) is 17.1 Å². The van der Waals surface area contributed by atoms with Crippen LogP contribution in [0.4, 0.5) is 11.4 Å². The number of carbonyl (C=O) groups is 1. The number of amidine groups is 1. The number of nitrogens with zero attached hydrogens (tertiary/aromatic N) is 3. The number of para-hydroxylation sites is 1. The molecule has 1 heterocycles. The number of benzene rings is 3. The first kappa shape index (κ1) is 17.4. The van der Waals surface area contributed by atoms with Crippen molar-refractivity contribution in [3.05, 3.63) is 112 Å². The number of non-ortho nitro benzene ring substituents is 1. The van der Waals surface area contributed by atoms with Gasteiger partial charge in [-0.25, -0.2) is 4.99 Å². The van der Waals surface area contributed by atoms with Crippen LogP contribution in [0.15, 0.2) is 95.6 Å². The van der Waals surface area contributed by atoms with Crippen LogP contribution in [-0.4, -0.2) is 16.7 Å². The van der Waals surface area contributed by atoms with Crippen molar-refractivity contribution in [1.29, 1.82) is 0 Å². The second-order valence-electron chi connectivity index (χ2n) is 6.16. The fraction of sp³-hybridized carbons (Fsp3) is 0. The summed E-state index contributed by atoms with van der Waals surface area (Å²) in [7, 11) is 0. The van der Waals surface area contributed by atoms with Crippen molar-refractivity contribution < 1.29 is 9.72 Å². The van der Waals surface area contributed by atoms with Crippen molar-refractivity contribution in [2.24, 2.45) is 4.99 Å². The van der Waals surface area contributed by atoms with Crippen molar-refractivity contribution in [3.8, 4) is 0 Å². The number of carbonyl (C=O) groups excluding carboxylic acids is 1. The van der Waals surface area contributed by atoms with E-state index >= 15 is 0 Å². The first-order valence-corrected chi connectivity index (χ1v) is 8.63. The predicted octanol–water partition coefficient (Wildman–Crippen LogP) is 4.43. The second kappa shape index (κ2) is 7.28. The van der Waals surface area contributed by atoms with Crippen LogP contribution in [0.3, 0.4) is 0 Å². The molecule has 0 bridgehead atoms. The van der Waals surface area contributed by atoms with Gasteiger partial charge in [0, 0.05) is 17.7 Å². The monoisotopic (exact) mass is 369 g/mol. The summed E-state index contributed by atoms with van der Waals surface area (Å²) in [4.78, 5) is 29.8. The van der Waals surface area contributed by atoms with Gasteiger partial charge < -0.3 is 0 Å². The Morgan fingerprint density at radius 2 is 1.57 bits per heavy atom. The molecule has 0 aliphatic carbocycles. The largest absolute Gasteiger partial charge is 0.282 e. The molecule has 0 saturated heterocycles. The Bertz CT molecular complexity index is 1110. The number of aliphatic imine (C=N–C) groups is 1. The van der Waals surface area contributed by atoms with E-state index in [0.717, 1.165) is 5.56 Å². The molecule has 1 aliphatic heterocycles. The van der Waals surface area contributed by atoms with Crippen molar-refractivity contribution in [1.82, 2.24) is 0 Å². The second-order valence-corrected chi connectivity index (χ2v) is 6.16. The lowest BCUT2D eigenvalue weighted by Crippen LogP contribution is -2.32. The number of nitro benzene ring substituents is 1. The molecule has 0 N–H and O–H groups in total. The third kappa shape index (κ3) is 3.31. The van der Waals surface area contributed by atoms with E-state index in [1.54, 1.807) is 23.1 Å². The van der Waals surface area contributed by atoms with E-state index in [9.17, 15) is 14.9 Å². The van der Waals surface area contributed by atoms with Gasteiger partial charge in [0.2, 0.25) is 0 Å². The van der Waals surface area contributed by atoms with E-state index in [2.05, 4.69) is 4.99 Å². The van der Waals surface area contributed by atoms with Gasteiger partial charge >= 0.3 is 0 Å². The lowest BCUT2D eigenvalue weighted by Gasteiger charge is -2.18. The molecule has 6 heteroatoms. The quantitative estimate of drug-likeness (QED) is 0.388. The van der Waals surface area contributed by atoms with Crippen molar-refractivity contribution in [3.63, 3.8) is 0 Å². The smallest absolute Gasteiger partial charge is 0.266 e. The summed E-state index contributed by atoms with van der Waals surface area (Å²) in [5.41, 5.74) is 2.25. The van der Waals surface area contributed by atoms with Gasteiger partial charge in [0.1, 0.15) is 11.5 Å². The van der Waals surface area contributed by atoms with Crippen molar-refractivity contribution in [2.45, 2.75) is 0 Å². The highest BCUT2D eigenvalue weighted by molar-refractivity contribution is 6.33. The van der Waals surface area contributed by atoms with E-state index in [1.807, 2.05) is 60.7 Å². The molecule has 4 rings (SSSR count). The van der Waals surface area contributed by atoms with Crippen LogP contribution in [0.5, 0.6) is 0 Å². The fourth-order valence-corrected chi connectivity index (χ4v) is 3.00. The van der Waals surface area contributed by atoms with Gasteiger partial charge in [-0.2, -0.15) is 0 Å². The lowest BCUT2D eigenvalue weighted by atomic mass is 10.1. The third-order valence-corrected chi connectivity index (χ3v) is 4.29. The van der Waals surface area contributed by atoms with E-state index in [4.69, 9.17) is 0 Å². The SMILES string of the molecule is O=C1/C(=C\c2cccc([N+](=O)[O-])c2)N=C(c2ccccc2)N1c1ccccc1. The Kier molecular flexibility index (Phi) is 4.51. The average molecular weight is 369 g/mol. The summed E-state index contributed by atoms with van der Waals surface area (Å²) in [6.45, 7) is 0. The Balaban J connectivity index is 1.81. The average Bonchev–Trinajstić information content (AvgIpc) is 3.05. The minimum Gasteiger partial charge on any atom is -0.266 e. The summed E-state index contributed by atoms with van der Waals surface area (Å²) >= 11 is 0. The van der Waals surface area contributed by atoms with E-state index in [1.165, 1.54) is 12.1 Å². The van der Waals surface area contributed by atoms with Crippen LogP contribution in [0, 0.1) is 10.1 Å². The normalized spacial score (nSPS) is 15.0. The minimum atomic E-state index is -0.465. The summed E-state index contributed by atoms with van der Waals surface area (Å²) < 4.78 is 0. The van der Waals surface area contributed by atoms with Gasteiger partial charge in [0.05, 0.1) is 10.6 Å². The molecule has 136 valence electrons. The van der Waals surface area contributed by atoms with Gasteiger partial charge in [-0.1, -0.05) is 60.7 Å². The van der Waals surface area contributed by atoms with Crippen LogP contribution >= 0.6 is 0 Å². The van der Waals surface area contributed by atoms with E-state index in [-0.39, 0.29) is 17.3 Å². The molecule has 3 aromatic carbocycles. The van der Waals surface area contributed by atoms with Crippen molar-refractivity contribution in [2.75, 3.05) is 4.90 Å². The summed E-state index contributed by atoms with van der Waals surface area (Å²) in [5.74, 6) is 0.241. The van der Waals surface area contributed by atoms with Gasteiger partial charge in [-0.15, -0.1) is 0 Å². The summed E-state index contributed by atoms with van der Waals surface area (Å²) in [5, 5.41) is 11.0. The molecule has 0 radical (unpaired) electrons. The molecule has 0 atom stereocenters. The van der Waals surface area contributed by atoms with Crippen LogP contribution in [0.1, 0.15) is 11.1 Å². The maximum absolute atomic E-state index is 13.1. The maximum atomic E-state index is 13.1. The number of anilines is 1. The molecule has 3 aromatic rings. The Morgan fingerprint density at radius 3 is 2.25 bits per heavy atom. The molecule has 0 fully saturated rings. The van der Waals surface area contributed by atoms with Crippen LogP contribution in [0.2, 0.25) is 0 Å². The van der Waals surface area contributed by atoms with E-state index < -0.39 is 4.92 Å². The first-order chi connectivity index (χ1) is 13.6. The third-order valence-electron chi connectivity index (χ3n) is 4.29. The number of nitro groups is 1. The first-order valence-electron chi connectivity index (χ1n) is 8.63. The Morgan fingerprint density at radius 1 is 0.893 bits per heavy atom. The zero-order chi connectivity index (χ0) is 19.5. The number of hydrogen-bond donors (Lipinski definition) is 0.